The van der Waals surface area contributed by atoms with Gasteiger partial charge in [-0.25, -0.2) is 0 Å². The molecule has 0 spiro atoms. The van der Waals surface area contributed by atoms with Crippen molar-refractivity contribution < 1.29 is 9.59 Å². The van der Waals surface area contributed by atoms with E-state index in [2.05, 4.69) is 31.5 Å². The van der Waals surface area contributed by atoms with Crippen LogP contribution in [0.4, 0.5) is 11.4 Å². The molecule has 2 amide bonds. The largest absolute Gasteiger partial charge is 0.325 e. The summed E-state index contributed by atoms with van der Waals surface area (Å²) in [7, 11) is 0. The molecule has 1 aliphatic carbocycles. The average molecular weight is 458 g/mol. The van der Waals surface area contributed by atoms with E-state index >= 15 is 0 Å². The van der Waals surface area contributed by atoms with Gasteiger partial charge in [0.2, 0.25) is 11.8 Å². The second-order valence-corrected chi connectivity index (χ2v) is 8.70. The fourth-order valence-corrected chi connectivity index (χ4v) is 3.85. The lowest BCUT2D eigenvalue weighted by molar-refractivity contribution is -0.119. The van der Waals surface area contributed by atoms with E-state index in [1.54, 1.807) is 0 Å². The van der Waals surface area contributed by atoms with Crippen molar-refractivity contribution in [2.45, 2.75) is 46.1 Å². The van der Waals surface area contributed by atoms with E-state index in [4.69, 9.17) is 0 Å². The maximum atomic E-state index is 12.6. The van der Waals surface area contributed by atoms with Crippen LogP contribution in [0.3, 0.4) is 0 Å². The summed E-state index contributed by atoms with van der Waals surface area (Å²) in [5, 5.41) is 5.96. The average Bonchev–Trinajstić information content (AvgIpc) is 3.49. The SMILES string of the molecule is Cc1ccc(NC(=O)CCN(CC(=O)Nc2cc(C)ccc2C)C2CC2)c(Br)c1. The summed E-state index contributed by atoms with van der Waals surface area (Å²) in [4.78, 5) is 27.1. The maximum absolute atomic E-state index is 12.6. The highest BCUT2D eigenvalue weighted by molar-refractivity contribution is 9.10. The molecule has 2 N–H and O–H groups in total. The minimum Gasteiger partial charge on any atom is -0.325 e. The highest BCUT2D eigenvalue weighted by Gasteiger charge is 2.30. The van der Waals surface area contributed by atoms with E-state index in [0.29, 0.717) is 25.6 Å². The third-order valence-corrected chi connectivity index (χ3v) is 5.76. The van der Waals surface area contributed by atoms with E-state index in [1.165, 1.54) is 0 Å². The first kappa shape index (κ1) is 21.5. The van der Waals surface area contributed by atoms with E-state index in [0.717, 1.165) is 45.4 Å². The quantitative estimate of drug-likeness (QED) is 0.597. The van der Waals surface area contributed by atoms with Crippen molar-refractivity contribution in [3.8, 4) is 0 Å². The first-order valence-electron chi connectivity index (χ1n) is 9.99. The molecular weight excluding hydrogens is 430 g/mol. The van der Waals surface area contributed by atoms with Crippen molar-refractivity contribution in [1.29, 1.82) is 0 Å². The van der Waals surface area contributed by atoms with Crippen molar-refractivity contribution >= 4 is 39.1 Å². The van der Waals surface area contributed by atoms with Crippen LogP contribution < -0.4 is 10.6 Å². The number of anilines is 2. The molecule has 154 valence electrons. The Kier molecular flexibility index (Phi) is 7.09. The number of hydrogen-bond acceptors (Lipinski definition) is 3. The molecule has 0 bridgehead atoms. The van der Waals surface area contributed by atoms with Gasteiger partial charge < -0.3 is 10.6 Å². The van der Waals surface area contributed by atoms with Crippen LogP contribution in [0.2, 0.25) is 0 Å². The monoisotopic (exact) mass is 457 g/mol. The van der Waals surface area contributed by atoms with Gasteiger partial charge in [-0.05, 0) is 84.4 Å². The Bertz CT molecular complexity index is 909. The fraction of sp³-hybridized carbons (Fsp3) is 0.391. The van der Waals surface area contributed by atoms with Gasteiger partial charge in [0, 0.05) is 29.2 Å². The minimum absolute atomic E-state index is 0.0349. The predicted molar refractivity (Wildman–Crippen MR) is 121 cm³/mol. The van der Waals surface area contributed by atoms with Gasteiger partial charge in [0.05, 0.1) is 12.2 Å². The number of aryl methyl sites for hydroxylation is 3. The van der Waals surface area contributed by atoms with Gasteiger partial charge in [0.1, 0.15) is 0 Å². The van der Waals surface area contributed by atoms with E-state index < -0.39 is 0 Å². The Hall–Kier alpha value is -2.18. The summed E-state index contributed by atoms with van der Waals surface area (Å²) in [6.45, 7) is 6.88. The number of carbonyl (C=O) groups excluding carboxylic acids is 2. The summed E-state index contributed by atoms with van der Waals surface area (Å²) >= 11 is 3.49. The molecule has 1 fully saturated rings. The predicted octanol–water partition coefficient (Wildman–Crippen LogP) is 4.81. The number of nitrogens with zero attached hydrogens (tertiary/aromatic N) is 1. The Morgan fingerprint density at radius 2 is 1.62 bits per heavy atom. The standard InChI is InChI=1S/C23H28BrN3O2/c1-15-5-9-20(19(24)12-15)25-22(28)10-11-27(18-7-8-18)14-23(29)26-21-13-16(2)4-6-17(21)3/h4-6,9,12-13,18H,7-8,10-11,14H2,1-3H3,(H,25,28)(H,26,29). The maximum Gasteiger partial charge on any atom is 0.238 e. The van der Waals surface area contributed by atoms with Gasteiger partial charge in [-0.15, -0.1) is 0 Å². The van der Waals surface area contributed by atoms with Crippen LogP contribution in [-0.2, 0) is 9.59 Å². The van der Waals surface area contributed by atoms with Crippen LogP contribution >= 0.6 is 15.9 Å². The smallest absolute Gasteiger partial charge is 0.238 e. The third kappa shape index (κ3) is 6.41. The van der Waals surface area contributed by atoms with Crippen molar-refractivity contribution in [3.63, 3.8) is 0 Å². The van der Waals surface area contributed by atoms with E-state index in [-0.39, 0.29) is 11.8 Å². The zero-order valence-corrected chi connectivity index (χ0v) is 18.8. The highest BCUT2D eigenvalue weighted by Crippen LogP contribution is 2.27. The van der Waals surface area contributed by atoms with Gasteiger partial charge >= 0.3 is 0 Å². The van der Waals surface area contributed by atoms with E-state index in [9.17, 15) is 9.59 Å². The van der Waals surface area contributed by atoms with Crippen LogP contribution in [0.25, 0.3) is 0 Å². The molecule has 5 nitrogen and oxygen atoms in total. The van der Waals surface area contributed by atoms with Crippen LogP contribution in [0.5, 0.6) is 0 Å². The van der Waals surface area contributed by atoms with Gasteiger partial charge in [-0.1, -0.05) is 18.2 Å². The molecule has 3 rings (SSSR count). The topological polar surface area (TPSA) is 61.4 Å². The molecule has 0 atom stereocenters. The van der Waals surface area contributed by atoms with Crippen molar-refractivity contribution in [3.05, 3.63) is 57.6 Å². The number of hydrogen-bond donors (Lipinski definition) is 2. The Labute approximate surface area is 181 Å². The summed E-state index contributed by atoms with van der Waals surface area (Å²) < 4.78 is 0.873. The number of benzene rings is 2. The fourth-order valence-electron chi connectivity index (χ4n) is 3.25. The molecule has 0 radical (unpaired) electrons. The second kappa shape index (κ2) is 9.55. The highest BCUT2D eigenvalue weighted by atomic mass is 79.9. The van der Waals surface area contributed by atoms with Crippen LogP contribution in [0.1, 0.15) is 36.0 Å². The first-order chi connectivity index (χ1) is 13.8. The molecule has 29 heavy (non-hydrogen) atoms. The Morgan fingerprint density at radius 1 is 0.966 bits per heavy atom. The summed E-state index contributed by atoms with van der Waals surface area (Å²) in [6.07, 6.45) is 2.53. The first-order valence-corrected chi connectivity index (χ1v) is 10.8. The summed E-state index contributed by atoms with van der Waals surface area (Å²) in [5.74, 6) is -0.0811. The van der Waals surface area contributed by atoms with E-state index in [1.807, 2.05) is 57.2 Å². The molecular formula is C23H28BrN3O2. The zero-order valence-electron chi connectivity index (χ0n) is 17.2. The Balaban J connectivity index is 1.53. The normalized spacial score (nSPS) is 13.4. The molecule has 1 saturated carbocycles. The van der Waals surface area contributed by atoms with Crippen LogP contribution in [0, 0.1) is 20.8 Å². The molecule has 0 aliphatic heterocycles. The molecule has 2 aromatic carbocycles. The molecule has 0 aromatic heterocycles. The number of nitrogens with one attached hydrogen (secondary N) is 2. The number of carbonyl (C=O) groups is 2. The summed E-state index contributed by atoms with van der Waals surface area (Å²) in [6, 6.07) is 12.3. The molecule has 1 aliphatic rings. The van der Waals surface area contributed by atoms with Gasteiger partial charge in [0.15, 0.2) is 0 Å². The molecule has 0 unspecified atom stereocenters. The molecule has 6 heteroatoms. The second-order valence-electron chi connectivity index (χ2n) is 7.85. The molecule has 0 saturated heterocycles. The van der Waals surface area contributed by atoms with Crippen molar-refractivity contribution in [2.24, 2.45) is 0 Å². The number of halogens is 1. The van der Waals surface area contributed by atoms with Gasteiger partial charge in [-0.2, -0.15) is 0 Å². The molecule has 0 heterocycles. The lowest BCUT2D eigenvalue weighted by atomic mass is 10.1. The Morgan fingerprint density at radius 3 is 2.31 bits per heavy atom. The number of amides is 2. The van der Waals surface area contributed by atoms with Gasteiger partial charge in [-0.3, -0.25) is 14.5 Å². The lowest BCUT2D eigenvalue weighted by Gasteiger charge is -2.21. The van der Waals surface area contributed by atoms with Gasteiger partial charge in [0.25, 0.3) is 0 Å². The lowest BCUT2D eigenvalue weighted by Crippen LogP contribution is -2.37. The molecule has 2 aromatic rings. The number of rotatable bonds is 8. The minimum atomic E-state index is -0.0462. The van der Waals surface area contributed by atoms with Crippen molar-refractivity contribution in [2.75, 3.05) is 23.7 Å². The van der Waals surface area contributed by atoms with Crippen molar-refractivity contribution in [1.82, 2.24) is 4.90 Å². The van der Waals surface area contributed by atoms with Crippen LogP contribution in [0.15, 0.2) is 40.9 Å². The third-order valence-electron chi connectivity index (χ3n) is 5.10. The van der Waals surface area contributed by atoms with Crippen LogP contribution in [-0.4, -0.2) is 35.8 Å². The summed E-state index contributed by atoms with van der Waals surface area (Å²) in [5.41, 5.74) is 4.91. The zero-order chi connectivity index (χ0) is 21.0.